The fourth-order valence-electron chi connectivity index (χ4n) is 1.71. The number of alkyl halides is 1. The van der Waals surface area contributed by atoms with Gasteiger partial charge in [-0.1, -0.05) is 39.8 Å². The fraction of sp³-hybridized carbons (Fsp3) is 0.417. The first-order chi connectivity index (χ1) is 8.26. The van der Waals surface area contributed by atoms with E-state index in [9.17, 15) is 4.39 Å². The molecule has 0 aliphatic carbocycles. The predicted molar refractivity (Wildman–Crippen MR) is 76.9 cm³/mol. The van der Waals surface area contributed by atoms with Gasteiger partial charge in [0.25, 0.3) is 0 Å². The molecule has 1 unspecified atom stereocenters. The van der Waals surface area contributed by atoms with Crippen LogP contribution in [0.4, 0.5) is 10.1 Å². The lowest BCUT2D eigenvalue weighted by molar-refractivity contribution is 0.627. The molecule has 2 nitrogen and oxygen atoms in total. The van der Waals surface area contributed by atoms with E-state index in [0.29, 0.717) is 10.9 Å². The van der Waals surface area contributed by atoms with Crippen molar-refractivity contribution in [3.63, 3.8) is 0 Å². The highest BCUT2D eigenvalue weighted by Crippen LogP contribution is 2.29. The van der Waals surface area contributed by atoms with Crippen LogP contribution in [0.15, 0.2) is 29.3 Å². The number of hydrogen-bond donors (Lipinski definition) is 0. The largest absolute Gasteiger partial charge is 0.319 e. The summed E-state index contributed by atoms with van der Waals surface area (Å²) in [4.78, 5) is 6.42. The van der Waals surface area contributed by atoms with Gasteiger partial charge in [-0.3, -0.25) is 4.99 Å². The number of anilines is 1. The van der Waals surface area contributed by atoms with E-state index in [4.69, 9.17) is 0 Å². The molecule has 17 heavy (non-hydrogen) atoms. The van der Waals surface area contributed by atoms with Gasteiger partial charge in [0.15, 0.2) is 5.17 Å². The lowest BCUT2D eigenvalue weighted by Gasteiger charge is -2.23. The Hall–Kier alpha value is -0.550. The van der Waals surface area contributed by atoms with Crippen LogP contribution in [-0.2, 0) is 0 Å². The Morgan fingerprint density at radius 1 is 1.53 bits per heavy atom. The van der Waals surface area contributed by atoms with Crippen LogP contribution in [0.5, 0.6) is 0 Å². The second kappa shape index (κ2) is 5.87. The third-order valence-electron chi connectivity index (χ3n) is 2.56. The van der Waals surface area contributed by atoms with E-state index in [1.807, 2.05) is 17.9 Å². The summed E-state index contributed by atoms with van der Waals surface area (Å²) < 4.78 is 13.7. The smallest absolute Gasteiger partial charge is 0.164 e. The molecular formula is C12H14BrFN2S. The second-order valence-corrected chi connectivity index (χ2v) is 5.63. The summed E-state index contributed by atoms with van der Waals surface area (Å²) in [5.41, 5.74) is 0.608. The van der Waals surface area contributed by atoms with Crippen molar-refractivity contribution in [2.75, 3.05) is 23.3 Å². The molecule has 1 atom stereocenters. The highest BCUT2D eigenvalue weighted by atomic mass is 79.9. The van der Waals surface area contributed by atoms with E-state index >= 15 is 0 Å². The van der Waals surface area contributed by atoms with Gasteiger partial charge < -0.3 is 4.90 Å². The summed E-state index contributed by atoms with van der Waals surface area (Å²) >= 11 is 5.17. The molecule has 0 N–H and O–H groups in total. The molecule has 1 aromatic rings. The number of benzene rings is 1. The molecule has 1 aromatic carbocycles. The summed E-state index contributed by atoms with van der Waals surface area (Å²) in [6.45, 7) is 3.54. The summed E-state index contributed by atoms with van der Waals surface area (Å²) in [5, 5.41) is 2.30. The number of thioether (sulfide) groups is 1. The molecule has 1 heterocycles. The first kappa shape index (κ1) is 12.9. The third kappa shape index (κ3) is 2.83. The number of nitrogens with zero attached hydrogens (tertiary/aromatic N) is 2. The Bertz CT molecular complexity index is 425. The summed E-state index contributed by atoms with van der Waals surface area (Å²) in [7, 11) is 0. The zero-order valence-electron chi connectivity index (χ0n) is 9.57. The molecule has 1 aliphatic heterocycles. The first-order valence-corrected chi connectivity index (χ1v) is 7.55. The van der Waals surface area contributed by atoms with Gasteiger partial charge in [0.05, 0.1) is 12.2 Å². The Morgan fingerprint density at radius 3 is 2.88 bits per heavy atom. The minimum absolute atomic E-state index is 0.194. The molecule has 5 heteroatoms. The third-order valence-corrected chi connectivity index (χ3v) is 4.98. The SMILES string of the molecule is CCN(C1=NCC(CBr)S1)c1ccccc1F. The summed E-state index contributed by atoms with van der Waals surface area (Å²) in [5.74, 6) is -0.194. The van der Waals surface area contributed by atoms with E-state index in [2.05, 4.69) is 20.9 Å². The van der Waals surface area contributed by atoms with E-state index in [-0.39, 0.29) is 5.82 Å². The van der Waals surface area contributed by atoms with E-state index in [1.165, 1.54) is 6.07 Å². The Labute approximate surface area is 113 Å². The average molecular weight is 317 g/mol. The number of amidine groups is 1. The number of aliphatic imine (C=N–C) groups is 1. The maximum absolute atomic E-state index is 13.7. The Morgan fingerprint density at radius 2 is 2.29 bits per heavy atom. The van der Waals surface area contributed by atoms with Crippen molar-refractivity contribution < 1.29 is 4.39 Å². The first-order valence-electron chi connectivity index (χ1n) is 5.55. The highest BCUT2D eigenvalue weighted by molar-refractivity contribution is 9.09. The van der Waals surface area contributed by atoms with Gasteiger partial charge in [0, 0.05) is 17.1 Å². The van der Waals surface area contributed by atoms with Crippen LogP contribution in [0.25, 0.3) is 0 Å². The Kier molecular flexibility index (Phi) is 4.45. The van der Waals surface area contributed by atoms with Crippen molar-refractivity contribution in [3.05, 3.63) is 30.1 Å². The molecule has 0 saturated carbocycles. The average Bonchev–Trinajstić information content (AvgIpc) is 2.81. The van der Waals surface area contributed by atoms with E-state index in [1.54, 1.807) is 23.9 Å². The van der Waals surface area contributed by atoms with Crippen LogP contribution in [-0.4, -0.2) is 28.8 Å². The quantitative estimate of drug-likeness (QED) is 0.793. The van der Waals surface area contributed by atoms with Crippen LogP contribution < -0.4 is 4.90 Å². The predicted octanol–water partition coefficient (Wildman–Crippen LogP) is 3.52. The lowest BCUT2D eigenvalue weighted by atomic mass is 10.3. The van der Waals surface area contributed by atoms with Gasteiger partial charge in [-0.2, -0.15) is 0 Å². The topological polar surface area (TPSA) is 15.6 Å². The van der Waals surface area contributed by atoms with Gasteiger partial charge in [0.1, 0.15) is 5.82 Å². The second-order valence-electron chi connectivity index (χ2n) is 3.71. The number of halogens is 2. The van der Waals surface area contributed by atoms with Gasteiger partial charge in [-0.05, 0) is 19.1 Å². The van der Waals surface area contributed by atoms with Crippen molar-refractivity contribution >= 4 is 38.5 Å². The van der Waals surface area contributed by atoms with Gasteiger partial charge in [-0.15, -0.1) is 0 Å². The highest BCUT2D eigenvalue weighted by Gasteiger charge is 2.24. The molecule has 0 spiro atoms. The monoisotopic (exact) mass is 316 g/mol. The minimum atomic E-state index is -0.194. The molecule has 1 aliphatic rings. The minimum Gasteiger partial charge on any atom is -0.319 e. The van der Waals surface area contributed by atoms with E-state index < -0.39 is 0 Å². The van der Waals surface area contributed by atoms with Crippen LogP contribution in [0.1, 0.15) is 6.92 Å². The lowest BCUT2D eigenvalue weighted by Crippen LogP contribution is -2.28. The standard InChI is InChI=1S/C12H14BrFN2S/c1-2-16(11-6-4-3-5-10(11)14)12-15-8-9(7-13)17-12/h3-6,9H,2,7-8H2,1H3. The summed E-state index contributed by atoms with van der Waals surface area (Å²) in [6.07, 6.45) is 0. The molecule has 0 fully saturated rings. The van der Waals surface area contributed by atoms with Crippen molar-refractivity contribution in [1.82, 2.24) is 0 Å². The maximum atomic E-state index is 13.7. The van der Waals surface area contributed by atoms with Gasteiger partial charge >= 0.3 is 0 Å². The molecule has 0 amide bonds. The summed E-state index contributed by atoms with van der Waals surface area (Å²) in [6, 6.07) is 6.84. The molecular weight excluding hydrogens is 303 g/mol. The van der Waals surface area contributed by atoms with Crippen molar-refractivity contribution in [1.29, 1.82) is 0 Å². The van der Waals surface area contributed by atoms with Crippen LogP contribution in [0.3, 0.4) is 0 Å². The van der Waals surface area contributed by atoms with Crippen LogP contribution in [0.2, 0.25) is 0 Å². The zero-order chi connectivity index (χ0) is 12.3. The van der Waals surface area contributed by atoms with Crippen molar-refractivity contribution in [2.24, 2.45) is 4.99 Å². The fourth-order valence-corrected chi connectivity index (χ4v) is 3.33. The van der Waals surface area contributed by atoms with E-state index in [0.717, 1.165) is 23.6 Å². The van der Waals surface area contributed by atoms with Crippen molar-refractivity contribution in [2.45, 2.75) is 12.2 Å². The molecule has 92 valence electrons. The molecule has 0 radical (unpaired) electrons. The normalized spacial score (nSPS) is 19.2. The number of rotatable bonds is 3. The number of hydrogen-bond acceptors (Lipinski definition) is 3. The number of para-hydroxylation sites is 1. The zero-order valence-corrected chi connectivity index (χ0v) is 12.0. The molecule has 2 rings (SSSR count). The molecule has 0 saturated heterocycles. The van der Waals surface area contributed by atoms with Crippen LogP contribution >= 0.6 is 27.7 Å². The maximum Gasteiger partial charge on any atom is 0.164 e. The van der Waals surface area contributed by atoms with Gasteiger partial charge in [0.2, 0.25) is 0 Å². The molecule has 0 aromatic heterocycles. The van der Waals surface area contributed by atoms with Crippen LogP contribution in [0, 0.1) is 5.82 Å². The Balaban J connectivity index is 2.21. The van der Waals surface area contributed by atoms with Gasteiger partial charge in [-0.25, -0.2) is 4.39 Å². The molecule has 0 bridgehead atoms. The van der Waals surface area contributed by atoms with Crippen molar-refractivity contribution in [3.8, 4) is 0 Å².